The fourth-order valence-corrected chi connectivity index (χ4v) is 6.82. The summed E-state index contributed by atoms with van der Waals surface area (Å²) >= 11 is 0. The number of nitrogen functional groups attached to an aromatic ring is 1. The van der Waals surface area contributed by atoms with Crippen LogP contribution in [0.25, 0.3) is 11.3 Å². The quantitative estimate of drug-likeness (QED) is 0.328. The summed E-state index contributed by atoms with van der Waals surface area (Å²) in [5.41, 5.74) is 5.12. The van der Waals surface area contributed by atoms with Gasteiger partial charge in [-0.25, -0.2) is 13.4 Å². The number of carbonyl (C=O) groups is 1. The number of nitrogens with two attached hydrogens (primary N) is 1. The van der Waals surface area contributed by atoms with E-state index in [1.165, 1.54) is 12.1 Å². The van der Waals surface area contributed by atoms with Crippen LogP contribution in [-0.2, 0) is 38.8 Å². The smallest absolute Gasteiger partial charge is 0.489 e. The Hall–Kier alpha value is -3.95. The Balaban J connectivity index is 1.06. The van der Waals surface area contributed by atoms with Crippen molar-refractivity contribution in [2.75, 3.05) is 50.0 Å². The van der Waals surface area contributed by atoms with Crippen LogP contribution in [0, 0.1) is 5.92 Å². The Labute approximate surface area is 264 Å². The van der Waals surface area contributed by atoms with E-state index in [1.54, 1.807) is 6.07 Å². The largest absolute Gasteiger partial charge is 0.501 e. The molecular formula is C31H34F3N5O6S. The maximum absolute atomic E-state index is 12.8. The van der Waals surface area contributed by atoms with Crippen LogP contribution >= 0.6 is 0 Å². The number of nitrogens with zero attached hydrogens (tertiary/aromatic N) is 4. The van der Waals surface area contributed by atoms with Gasteiger partial charge in [-0.2, -0.15) is 18.2 Å². The van der Waals surface area contributed by atoms with Gasteiger partial charge in [-0.15, -0.1) is 0 Å². The summed E-state index contributed by atoms with van der Waals surface area (Å²) in [6, 6.07) is 10.1. The van der Waals surface area contributed by atoms with Gasteiger partial charge in [0.25, 0.3) is 9.84 Å². The number of anilines is 2. The molecule has 1 saturated carbocycles. The molecule has 2 heterocycles. The van der Waals surface area contributed by atoms with Crippen LogP contribution in [0.4, 0.5) is 24.9 Å². The van der Waals surface area contributed by atoms with Crippen molar-refractivity contribution < 1.29 is 41.0 Å². The van der Waals surface area contributed by atoms with E-state index in [2.05, 4.69) is 19.8 Å². The SMILES string of the molecule is Nc1nc2c(c(N3CCN(CCO[C@H]4C[C@@H](C(=O)O)C4)CC3)n1)CCc1cc(OCc3ccc(S(=O)(=O)C(F)(F)F)cc3)ccc1-2. The van der Waals surface area contributed by atoms with Crippen molar-refractivity contribution in [2.45, 2.75) is 48.8 Å². The minimum absolute atomic E-state index is 0.0403. The highest BCUT2D eigenvalue weighted by atomic mass is 32.2. The lowest BCUT2D eigenvalue weighted by atomic mass is 9.82. The molecule has 0 atom stereocenters. The first-order valence-corrected chi connectivity index (χ1v) is 16.5. The maximum Gasteiger partial charge on any atom is 0.501 e. The molecule has 3 aromatic rings. The first-order chi connectivity index (χ1) is 21.9. The minimum atomic E-state index is -5.40. The number of halogens is 3. The van der Waals surface area contributed by atoms with E-state index in [4.69, 9.17) is 20.3 Å². The molecular weight excluding hydrogens is 627 g/mol. The van der Waals surface area contributed by atoms with Crippen LogP contribution in [0.5, 0.6) is 5.75 Å². The van der Waals surface area contributed by atoms with E-state index in [0.717, 1.165) is 79.5 Å². The Bertz CT molecular complexity index is 1710. The highest BCUT2D eigenvalue weighted by molar-refractivity contribution is 7.92. The Morgan fingerprint density at radius 2 is 1.74 bits per heavy atom. The summed E-state index contributed by atoms with van der Waals surface area (Å²) < 4.78 is 73.4. The number of piperazine rings is 1. The summed E-state index contributed by atoms with van der Waals surface area (Å²) in [5, 5.41) is 9.02. The zero-order valence-electron chi connectivity index (χ0n) is 24.9. The van der Waals surface area contributed by atoms with Crippen LogP contribution < -0.4 is 15.4 Å². The molecule has 3 aliphatic rings. The number of benzene rings is 2. The van der Waals surface area contributed by atoms with Crippen LogP contribution in [0.1, 0.15) is 29.5 Å². The molecule has 1 aromatic heterocycles. The van der Waals surface area contributed by atoms with Gasteiger partial charge >= 0.3 is 11.5 Å². The number of aliphatic carboxylic acids is 1. The third kappa shape index (κ3) is 6.62. The van der Waals surface area contributed by atoms with Gasteiger partial charge in [0.2, 0.25) is 5.95 Å². The van der Waals surface area contributed by atoms with E-state index in [1.807, 2.05) is 12.1 Å². The van der Waals surface area contributed by atoms with Crippen molar-refractivity contribution in [3.63, 3.8) is 0 Å². The van der Waals surface area contributed by atoms with Gasteiger partial charge in [0.05, 0.1) is 29.2 Å². The van der Waals surface area contributed by atoms with E-state index in [9.17, 15) is 26.4 Å². The fourth-order valence-electron chi connectivity index (χ4n) is 6.06. The van der Waals surface area contributed by atoms with Crippen molar-refractivity contribution in [3.8, 4) is 17.0 Å². The number of aromatic nitrogens is 2. The first kappa shape index (κ1) is 32.0. The molecule has 0 spiro atoms. The highest BCUT2D eigenvalue weighted by Crippen LogP contribution is 2.39. The van der Waals surface area contributed by atoms with E-state index < -0.39 is 26.2 Å². The normalized spacial score (nSPS) is 20.0. The second-order valence-corrected chi connectivity index (χ2v) is 13.7. The number of aryl methyl sites for hydroxylation is 1. The Kier molecular flexibility index (Phi) is 8.83. The number of rotatable bonds is 10. The second kappa shape index (κ2) is 12.7. The molecule has 15 heteroatoms. The molecule has 0 amide bonds. The molecule has 2 aromatic carbocycles. The molecule has 0 unspecified atom stereocenters. The van der Waals surface area contributed by atoms with Gasteiger partial charge in [-0.3, -0.25) is 9.69 Å². The zero-order chi connectivity index (χ0) is 32.6. The van der Waals surface area contributed by atoms with Crippen molar-refractivity contribution >= 4 is 27.6 Å². The number of alkyl halides is 3. The molecule has 6 rings (SSSR count). The number of carboxylic acids is 1. The monoisotopic (exact) mass is 661 g/mol. The van der Waals surface area contributed by atoms with Crippen LogP contribution in [0.3, 0.4) is 0 Å². The Morgan fingerprint density at radius 3 is 2.41 bits per heavy atom. The number of hydrogen-bond acceptors (Lipinski definition) is 10. The minimum Gasteiger partial charge on any atom is -0.489 e. The molecule has 0 radical (unpaired) electrons. The third-order valence-corrected chi connectivity index (χ3v) is 10.3. The van der Waals surface area contributed by atoms with Crippen LogP contribution in [0.2, 0.25) is 0 Å². The lowest BCUT2D eigenvalue weighted by molar-refractivity contribution is -0.151. The predicted molar refractivity (Wildman–Crippen MR) is 162 cm³/mol. The van der Waals surface area contributed by atoms with Crippen LogP contribution in [0.15, 0.2) is 47.4 Å². The summed E-state index contributed by atoms with van der Waals surface area (Å²) in [6.07, 6.45) is 2.65. The standard InChI is InChI=1S/C31H34F3N5O6S/c32-31(33,34)46(42,43)24-5-1-19(2-6-24)18-45-22-4-8-25-20(15-22)3-7-26-27(25)36-30(35)37-28(26)39-11-9-38(10-12-39)13-14-44-23-16-21(17-23)29(40)41/h1-2,4-6,8,15,21,23H,3,7,9-14,16-18H2,(H,40,41)(H2,35,36,37)/t21-,23+. The molecule has 0 bridgehead atoms. The first-order valence-electron chi connectivity index (χ1n) is 15.0. The van der Waals surface area contributed by atoms with Crippen molar-refractivity contribution in [1.29, 1.82) is 0 Å². The molecule has 2 aliphatic carbocycles. The number of sulfone groups is 1. The molecule has 46 heavy (non-hydrogen) atoms. The third-order valence-electron chi connectivity index (χ3n) is 8.80. The number of carboxylic acid groups (broad SMARTS) is 1. The summed E-state index contributed by atoms with van der Waals surface area (Å²) in [4.78, 5) is 23.9. The Morgan fingerprint density at radius 1 is 1.02 bits per heavy atom. The van der Waals surface area contributed by atoms with Gasteiger partial charge in [0, 0.05) is 43.9 Å². The average molecular weight is 662 g/mol. The van der Waals surface area contributed by atoms with Gasteiger partial charge < -0.3 is 25.2 Å². The van der Waals surface area contributed by atoms with Crippen molar-refractivity contribution in [1.82, 2.24) is 14.9 Å². The van der Waals surface area contributed by atoms with E-state index in [-0.39, 0.29) is 24.6 Å². The molecule has 1 aliphatic heterocycles. The number of fused-ring (bicyclic) bond motifs is 3. The van der Waals surface area contributed by atoms with Crippen molar-refractivity contribution in [3.05, 3.63) is 59.2 Å². The van der Waals surface area contributed by atoms with Gasteiger partial charge in [-0.05, 0) is 67.1 Å². The highest BCUT2D eigenvalue weighted by Gasteiger charge is 2.46. The van der Waals surface area contributed by atoms with Crippen molar-refractivity contribution in [2.24, 2.45) is 5.92 Å². The molecule has 11 nitrogen and oxygen atoms in total. The summed E-state index contributed by atoms with van der Waals surface area (Å²) in [5.74, 6) is 0.572. The fraction of sp³-hybridized carbons (Fsp3) is 0.452. The van der Waals surface area contributed by atoms with E-state index in [0.29, 0.717) is 37.2 Å². The molecule has 1 saturated heterocycles. The molecule has 3 N–H and O–H groups in total. The number of hydrogen-bond donors (Lipinski definition) is 2. The van der Waals surface area contributed by atoms with Crippen LogP contribution in [-0.4, -0.2) is 85.3 Å². The molecule has 2 fully saturated rings. The summed E-state index contributed by atoms with van der Waals surface area (Å²) in [6.45, 7) is 4.63. The number of ether oxygens (including phenoxy) is 2. The van der Waals surface area contributed by atoms with Gasteiger partial charge in [0.15, 0.2) is 0 Å². The second-order valence-electron chi connectivity index (χ2n) is 11.8. The summed E-state index contributed by atoms with van der Waals surface area (Å²) in [7, 11) is -5.40. The average Bonchev–Trinajstić information content (AvgIpc) is 3.00. The molecule has 246 valence electrons. The maximum atomic E-state index is 12.8. The lowest BCUT2D eigenvalue weighted by Crippen LogP contribution is -2.48. The van der Waals surface area contributed by atoms with Gasteiger partial charge in [0.1, 0.15) is 18.2 Å². The van der Waals surface area contributed by atoms with Gasteiger partial charge in [-0.1, -0.05) is 12.1 Å². The lowest BCUT2D eigenvalue weighted by Gasteiger charge is -2.38. The zero-order valence-corrected chi connectivity index (χ0v) is 25.7. The predicted octanol–water partition coefficient (Wildman–Crippen LogP) is 3.70. The topological polar surface area (TPSA) is 148 Å². The van der Waals surface area contributed by atoms with E-state index >= 15 is 0 Å².